The SMILES string of the molecule is Cc1cc(Nc2ccn(Cc3ccc(F)cc3)n2)n2nc(SCc3ccc(Br)cc3)nc2n1. The van der Waals surface area contributed by atoms with Crippen LogP contribution in [-0.2, 0) is 12.3 Å². The number of hydrogen-bond donors (Lipinski definition) is 1. The van der Waals surface area contributed by atoms with Gasteiger partial charge in [0.05, 0.1) is 6.54 Å². The van der Waals surface area contributed by atoms with Gasteiger partial charge in [-0.15, -0.1) is 5.10 Å². The molecule has 166 valence electrons. The summed E-state index contributed by atoms with van der Waals surface area (Å²) in [6, 6.07) is 18.4. The molecule has 10 heteroatoms. The number of nitrogens with one attached hydrogen (secondary N) is 1. The molecule has 3 heterocycles. The zero-order valence-electron chi connectivity index (χ0n) is 17.6. The Morgan fingerprint density at radius 3 is 2.52 bits per heavy atom. The van der Waals surface area contributed by atoms with Crippen molar-refractivity contribution >= 4 is 45.1 Å². The Kier molecular flexibility index (Phi) is 6.10. The summed E-state index contributed by atoms with van der Waals surface area (Å²) in [6.45, 7) is 2.47. The van der Waals surface area contributed by atoms with Gasteiger partial charge in [-0.05, 0) is 42.3 Å². The monoisotopic (exact) mass is 523 g/mol. The summed E-state index contributed by atoms with van der Waals surface area (Å²) >= 11 is 5.02. The van der Waals surface area contributed by atoms with Crippen LogP contribution in [0.25, 0.3) is 5.78 Å². The number of halogens is 2. The van der Waals surface area contributed by atoms with Crippen LogP contribution in [0.3, 0.4) is 0 Å². The number of hydrogen-bond acceptors (Lipinski definition) is 6. The van der Waals surface area contributed by atoms with E-state index in [0.717, 1.165) is 27.3 Å². The number of anilines is 2. The van der Waals surface area contributed by atoms with Crippen LogP contribution < -0.4 is 5.32 Å². The second-order valence-electron chi connectivity index (χ2n) is 7.45. The molecular formula is C23H19BrFN7S. The molecule has 0 bridgehead atoms. The van der Waals surface area contributed by atoms with Crippen molar-refractivity contribution in [1.82, 2.24) is 29.4 Å². The molecule has 2 aromatic carbocycles. The van der Waals surface area contributed by atoms with Gasteiger partial charge < -0.3 is 5.32 Å². The number of aryl methyl sites for hydroxylation is 1. The normalized spacial score (nSPS) is 11.2. The average Bonchev–Trinajstić information content (AvgIpc) is 3.41. The lowest BCUT2D eigenvalue weighted by atomic mass is 10.2. The molecule has 1 N–H and O–H groups in total. The number of aromatic nitrogens is 6. The van der Waals surface area contributed by atoms with Gasteiger partial charge in [-0.1, -0.05) is 52.0 Å². The van der Waals surface area contributed by atoms with Gasteiger partial charge in [0.1, 0.15) is 11.6 Å². The molecule has 0 saturated heterocycles. The Balaban J connectivity index is 1.33. The second kappa shape index (κ2) is 9.32. The lowest BCUT2D eigenvalue weighted by Gasteiger charge is -2.06. The summed E-state index contributed by atoms with van der Waals surface area (Å²) in [5.74, 6) is 2.44. The van der Waals surface area contributed by atoms with Gasteiger partial charge in [0.25, 0.3) is 5.78 Å². The number of thioether (sulfide) groups is 1. The van der Waals surface area contributed by atoms with Gasteiger partial charge in [0, 0.05) is 34.2 Å². The molecule has 5 rings (SSSR count). The van der Waals surface area contributed by atoms with E-state index < -0.39 is 0 Å². The van der Waals surface area contributed by atoms with Crippen LogP contribution >= 0.6 is 27.7 Å². The minimum absolute atomic E-state index is 0.249. The first-order valence-corrected chi connectivity index (χ1v) is 12.0. The van der Waals surface area contributed by atoms with E-state index in [9.17, 15) is 4.39 Å². The average molecular weight is 524 g/mol. The van der Waals surface area contributed by atoms with Crippen LogP contribution in [0.5, 0.6) is 0 Å². The summed E-state index contributed by atoms with van der Waals surface area (Å²) in [4.78, 5) is 9.08. The van der Waals surface area contributed by atoms with Crippen LogP contribution in [0.15, 0.2) is 76.5 Å². The van der Waals surface area contributed by atoms with Crippen molar-refractivity contribution in [1.29, 1.82) is 0 Å². The summed E-state index contributed by atoms with van der Waals surface area (Å²) in [5, 5.41) is 13.2. The Morgan fingerprint density at radius 2 is 1.73 bits per heavy atom. The van der Waals surface area contributed by atoms with E-state index in [1.54, 1.807) is 33.1 Å². The minimum atomic E-state index is -0.249. The summed E-state index contributed by atoms with van der Waals surface area (Å²) in [6.07, 6.45) is 1.87. The molecule has 0 aliphatic heterocycles. The van der Waals surface area contributed by atoms with Crippen molar-refractivity contribution in [2.75, 3.05) is 5.32 Å². The maximum absolute atomic E-state index is 13.1. The fraction of sp³-hybridized carbons (Fsp3) is 0.130. The third-order valence-corrected chi connectivity index (χ3v) is 6.29. The van der Waals surface area contributed by atoms with E-state index >= 15 is 0 Å². The van der Waals surface area contributed by atoms with Crippen molar-refractivity contribution in [3.8, 4) is 0 Å². The van der Waals surface area contributed by atoms with Gasteiger partial charge in [-0.2, -0.15) is 14.6 Å². The van der Waals surface area contributed by atoms with E-state index in [1.165, 1.54) is 17.7 Å². The summed E-state index contributed by atoms with van der Waals surface area (Å²) in [7, 11) is 0. The second-order valence-corrected chi connectivity index (χ2v) is 9.31. The standard InChI is InChI=1S/C23H19BrFN7S/c1-15-12-21(27-20-10-11-31(29-20)13-16-4-8-19(25)9-5-16)32-22(26-15)28-23(30-32)33-14-17-2-6-18(24)7-3-17/h2-12H,13-14H2,1H3,(H,27,29). The molecule has 0 aliphatic carbocycles. The van der Waals surface area contributed by atoms with Gasteiger partial charge in [-0.25, -0.2) is 9.37 Å². The van der Waals surface area contributed by atoms with Crippen LogP contribution in [-0.4, -0.2) is 29.4 Å². The molecule has 0 unspecified atom stereocenters. The van der Waals surface area contributed by atoms with Gasteiger partial charge in [0.2, 0.25) is 5.16 Å². The highest BCUT2D eigenvalue weighted by Gasteiger charge is 2.12. The van der Waals surface area contributed by atoms with Crippen molar-refractivity contribution in [2.24, 2.45) is 0 Å². The first kappa shape index (κ1) is 21.6. The number of fused-ring (bicyclic) bond motifs is 1. The van der Waals surface area contributed by atoms with E-state index in [2.05, 4.69) is 53.5 Å². The lowest BCUT2D eigenvalue weighted by Crippen LogP contribution is -2.05. The maximum atomic E-state index is 13.1. The zero-order valence-corrected chi connectivity index (χ0v) is 20.0. The number of nitrogens with zero attached hydrogens (tertiary/aromatic N) is 6. The third kappa shape index (κ3) is 5.23. The Hall–Kier alpha value is -3.24. The van der Waals surface area contributed by atoms with E-state index in [0.29, 0.717) is 23.3 Å². The molecule has 3 aromatic heterocycles. The molecular weight excluding hydrogens is 505 g/mol. The maximum Gasteiger partial charge on any atom is 0.255 e. The van der Waals surface area contributed by atoms with Crippen LogP contribution in [0, 0.1) is 12.7 Å². The molecule has 0 atom stereocenters. The van der Waals surface area contributed by atoms with Gasteiger partial charge >= 0.3 is 0 Å². The predicted molar refractivity (Wildman–Crippen MR) is 130 cm³/mol. The fourth-order valence-corrected chi connectivity index (χ4v) is 4.31. The fourth-order valence-electron chi connectivity index (χ4n) is 3.27. The molecule has 0 fully saturated rings. The van der Waals surface area contributed by atoms with Crippen molar-refractivity contribution < 1.29 is 4.39 Å². The Morgan fingerprint density at radius 1 is 0.970 bits per heavy atom. The van der Waals surface area contributed by atoms with Crippen molar-refractivity contribution in [2.45, 2.75) is 24.4 Å². The molecule has 7 nitrogen and oxygen atoms in total. The molecule has 33 heavy (non-hydrogen) atoms. The highest BCUT2D eigenvalue weighted by atomic mass is 79.9. The largest absolute Gasteiger partial charge is 0.323 e. The van der Waals surface area contributed by atoms with E-state index in [1.807, 2.05) is 37.4 Å². The quantitative estimate of drug-likeness (QED) is 0.279. The Bertz CT molecular complexity index is 1400. The molecule has 0 radical (unpaired) electrons. The zero-order chi connectivity index (χ0) is 22.8. The Labute approximate surface area is 202 Å². The first-order chi connectivity index (χ1) is 16.0. The first-order valence-electron chi connectivity index (χ1n) is 10.2. The number of benzene rings is 2. The summed E-state index contributed by atoms with van der Waals surface area (Å²) < 4.78 is 17.7. The number of rotatable bonds is 7. The van der Waals surface area contributed by atoms with Gasteiger partial charge in [-0.3, -0.25) is 4.68 Å². The smallest absolute Gasteiger partial charge is 0.255 e. The topological polar surface area (TPSA) is 72.9 Å². The highest BCUT2D eigenvalue weighted by molar-refractivity contribution is 9.10. The van der Waals surface area contributed by atoms with Crippen LogP contribution in [0.4, 0.5) is 16.0 Å². The minimum Gasteiger partial charge on any atom is -0.323 e. The van der Waals surface area contributed by atoms with Crippen LogP contribution in [0.2, 0.25) is 0 Å². The molecule has 0 saturated carbocycles. The van der Waals surface area contributed by atoms with Gasteiger partial charge in [0.15, 0.2) is 5.82 Å². The molecule has 0 aliphatic rings. The lowest BCUT2D eigenvalue weighted by molar-refractivity contribution is 0.624. The van der Waals surface area contributed by atoms with Crippen LogP contribution in [0.1, 0.15) is 16.8 Å². The third-order valence-electron chi connectivity index (χ3n) is 4.86. The molecule has 0 spiro atoms. The molecule has 0 amide bonds. The molecule has 5 aromatic rings. The van der Waals surface area contributed by atoms with E-state index in [-0.39, 0.29) is 5.82 Å². The van der Waals surface area contributed by atoms with Crippen molar-refractivity contribution in [3.63, 3.8) is 0 Å². The van der Waals surface area contributed by atoms with E-state index in [4.69, 9.17) is 0 Å². The highest BCUT2D eigenvalue weighted by Crippen LogP contribution is 2.23. The predicted octanol–water partition coefficient (Wildman–Crippen LogP) is 5.62. The van der Waals surface area contributed by atoms with Crippen molar-refractivity contribution in [3.05, 3.63) is 94.0 Å². The summed E-state index contributed by atoms with van der Waals surface area (Å²) in [5.41, 5.74) is 2.99.